The first-order valence-electron chi connectivity index (χ1n) is 8.76. The van der Waals surface area contributed by atoms with E-state index in [2.05, 4.69) is 37.7 Å². The van der Waals surface area contributed by atoms with Crippen LogP contribution in [0.2, 0.25) is 5.28 Å². The smallest absolute Gasteiger partial charge is 0.273 e. The van der Waals surface area contributed by atoms with Crippen LogP contribution in [0, 0.1) is 0 Å². The molecule has 3 heterocycles. The molecule has 0 aromatic carbocycles. The Balaban J connectivity index is 1.83. The van der Waals surface area contributed by atoms with Crippen molar-refractivity contribution in [2.24, 2.45) is 0 Å². The largest absolute Gasteiger partial charge is 0.364 e. The second kappa shape index (κ2) is 8.30. The molecule has 1 amide bonds. The van der Waals surface area contributed by atoms with Gasteiger partial charge in [0.25, 0.3) is 5.91 Å². The summed E-state index contributed by atoms with van der Waals surface area (Å²) in [6.45, 7) is 4.51. The molecule has 0 spiro atoms. The van der Waals surface area contributed by atoms with Crippen molar-refractivity contribution in [3.63, 3.8) is 0 Å². The number of aromatic nitrogens is 4. The zero-order valence-corrected chi connectivity index (χ0v) is 16.0. The van der Waals surface area contributed by atoms with Gasteiger partial charge in [0.1, 0.15) is 11.8 Å². The van der Waals surface area contributed by atoms with E-state index in [9.17, 15) is 4.79 Å². The molecular weight excluding hydrogens is 368 g/mol. The summed E-state index contributed by atoms with van der Waals surface area (Å²) in [6.07, 6.45) is 5.87. The maximum Gasteiger partial charge on any atom is 0.273 e. The lowest BCUT2D eigenvalue weighted by Gasteiger charge is -2.32. The summed E-state index contributed by atoms with van der Waals surface area (Å²) >= 11 is 6.07. The molecule has 0 saturated carbocycles. The third kappa shape index (κ3) is 4.71. The molecule has 3 rings (SSSR count). The van der Waals surface area contributed by atoms with Gasteiger partial charge in [-0.25, -0.2) is 4.98 Å². The Bertz CT molecular complexity index is 917. The van der Waals surface area contributed by atoms with E-state index < -0.39 is 5.54 Å². The number of pyridine rings is 1. The summed E-state index contributed by atoms with van der Waals surface area (Å²) in [4.78, 5) is 25.1. The van der Waals surface area contributed by atoms with Crippen molar-refractivity contribution in [2.45, 2.75) is 38.6 Å². The van der Waals surface area contributed by atoms with E-state index in [0.29, 0.717) is 23.4 Å². The highest BCUT2D eigenvalue weighted by Gasteiger charge is 2.27. The minimum atomic E-state index is -0.461. The van der Waals surface area contributed by atoms with Gasteiger partial charge < -0.3 is 15.2 Å². The van der Waals surface area contributed by atoms with E-state index >= 15 is 0 Å². The number of carbonyl (C=O) groups is 1. The lowest BCUT2D eigenvalue weighted by atomic mass is 9.94. The molecular formula is C18H21ClN6O2. The van der Waals surface area contributed by atoms with Crippen LogP contribution >= 0.6 is 11.6 Å². The van der Waals surface area contributed by atoms with Gasteiger partial charge >= 0.3 is 0 Å². The maximum atomic E-state index is 12.2. The zero-order valence-electron chi connectivity index (χ0n) is 15.2. The first-order valence-corrected chi connectivity index (χ1v) is 9.13. The second-order valence-corrected chi connectivity index (χ2v) is 6.91. The van der Waals surface area contributed by atoms with Crippen LogP contribution in [0.1, 0.15) is 43.6 Å². The number of nitrogens with zero attached hydrogens (tertiary/aromatic N) is 4. The molecule has 8 nitrogen and oxygen atoms in total. The number of unbranched alkanes of at least 4 members (excludes halogenated alkanes) is 1. The number of carbonyl (C=O) groups excluding carboxylic acids is 1. The molecule has 0 aliphatic carbocycles. The Kier molecular flexibility index (Phi) is 5.85. The lowest BCUT2D eigenvalue weighted by molar-refractivity contribution is 0.0936. The van der Waals surface area contributed by atoms with Gasteiger partial charge in [-0.15, -0.1) is 0 Å². The van der Waals surface area contributed by atoms with E-state index in [1.54, 1.807) is 12.3 Å². The molecule has 0 radical (unpaired) electrons. The predicted molar refractivity (Wildman–Crippen MR) is 103 cm³/mol. The average molecular weight is 389 g/mol. The zero-order chi connectivity index (χ0) is 19.3. The highest BCUT2D eigenvalue weighted by atomic mass is 35.5. The lowest BCUT2D eigenvalue weighted by Crippen LogP contribution is -2.47. The molecule has 0 aliphatic rings. The Labute approximate surface area is 161 Å². The second-order valence-electron chi connectivity index (χ2n) is 6.57. The summed E-state index contributed by atoms with van der Waals surface area (Å²) in [6, 6.07) is 5.15. The molecule has 2 N–H and O–H groups in total. The molecule has 1 atom stereocenters. The van der Waals surface area contributed by atoms with Crippen LogP contribution in [0.25, 0.3) is 11.0 Å². The van der Waals surface area contributed by atoms with Crippen molar-refractivity contribution in [1.29, 1.82) is 0 Å². The fourth-order valence-electron chi connectivity index (χ4n) is 2.77. The maximum absolute atomic E-state index is 12.2. The Morgan fingerprint density at radius 2 is 2.19 bits per heavy atom. The fourth-order valence-corrected chi connectivity index (χ4v) is 2.95. The third-order valence-electron chi connectivity index (χ3n) is 4.24. The van der Waals surface area contributed by atoms with E-state index in [0.717, 1.165) is 19.3 Å². The quantitative estimate of drug-likeness (QED) is 0.569. The number of fused-ring (bicyclic) bond motifs is 1. The molecule has 0 aliphatic heterocycles. The van der Waals surface area contributed by atoms with Crippen LogP contribution in [0.15, 0.2) is 35.2 Å². The van der Waals surface area contributed by atoms with E-state index in [1.165, 1.54) is 12.3 Å². The van der Waals surface area contributed by atoms with Crippen molar-refractivity contribution in [1.82, 2.24) is 25.4 Å². The first kappa shape index (κ1) is 19.0. The van der Waals surface area contributed by atoms with Gasteiger partial charge in [-0.05, 0) is 37.1 Å². The summed E-state index contributed by atoms with van der Waals surface area (Å²) in [5, 5.41) is 10.1. The van der Waals surface area contributed by atoms with Crippen molar-refractivity contribution >= 4 is 34.4 Å². The number of anilines is 1. The number of amides is 1. The van der Waals surface area contributed by atoms with E-state index in [4.69, 9.17) is 16.1 Å². The van der Waals surface area contributed by atoms with Crippen molar-refractivity contribution in [3.8, 4) is 0 Å². The molecule has 0 bridgehead atoms. The first-order chi connectivity index (χ1) is 13.0. The van der Waals surface area contributed by atoms with Crippen LogP contribution in [0.5, 0.6) is 0 Å². The highest BCUT2D eigenvalue weighted by Crippen LogP contribution is 2.25. The minimum absolute atomic E-state index is 0.141. The normalized spacial score (nSPS) is 13.3. The van der Waals surface area contributed by atoms with Gasteiger partial charge in [-0.1, -0.05) is 24.9 Å². The SMILES string of the molecule is CCCC[C@](C)(CNC(=O)c1ccon1)Nc1nc(Cl)nc2cccnc12. The topological polar surface area (TPSA) is 106 Å². The number of hydrogen-bond donors (Lipinski definition) is 2. The summed E-state index contributed by atoms with van der Waals surface area (Å²) < 4.78 is 4.72. The van der Waals surface area contributed by atoms with Crippen molar-refractivity contribution < 1.29 is 9.32 Å². The van der Waals surface area contributed by atoms with Crippen molar-refractivity contribution in [2.75, 3.05) is 11.9 Å². The molecule has 0 saturated heterocycles. The fraction of sp³-hybridized carbons (Fsp3) is 0.389. The summed E-state index contributed by atoms with van der Waals surface area (Å²) in [7, 11) is 0. The van der Waals surface area contributed by atoms with Gasteiger partial charge in [0.2, 0.25) is 5.28 Å². The standard InChI is InChI=1S/C18H21ClN6O2/c1-3-4-8-18(2,11-21-16(26)13-7-10-27-25-13)24-15-14-12(6-5-9-20-14)22-17(19)23-15/h5-7,9-10H,3-4,8,11H2,1-2H3,(H,21,26)(H,22,23,24)/t18-/m1/s1. The molecule has 0 unspecified atom stereocenters. The molecule has 0 fully saturated rings. The predicted octanol–water partition coefficient (Wildman–Crippen LogP) is 3.46. The van der Waals surface area contributed by atoms with Crippen LogP contribution in [0.3, 0.4) is 0 Å². The Hall–Kier alpha value is -2.74. The number of hydrogen-bond acceptors (Lipinski definition) is 7. The van der Waals surface area contributed by atoms with Crippen molar-refractivity contribution in [3.05, 3.63) is 41.6 Å². The molecule has 142 valence electrons. The van der Waals surface area contributed by atoms with Crippen LogP contribution in [0.4, 0.5) is 5.82 Å². The van der Waals surface area contributed by atoms with Gasteiger partial charge in [0.05, 0.1) is 11.1 Å². The monoisotopic (exact) mass is 388 g/mol. The van der Waals surface area contributed by atoms with Gasteiger partial charge in [0, 0.05) is 18.8 Å². The van der Waals surface area contributed by atoms with Gasteiger partial charge in [0.15, 0.2) is 11.5 Å². The molecule has 3 aromatic heterocycles. The number of halogens is 1. The van der Waals surface area contributed by atoms with Gasteiger partial charge in [-0.2, -0.15) is 4.98 Å². The molecule has 9 heteroatoms. The minimum Gasteiger partial charge on any atom is -0.364 e. The van der Waals surface area contributed by atoms with E-state index in [-0.39, 0.29) is 16.9 Å². The summed E-state index contributed by atoms with van der Waals surface area (Å²) in [5.41, 5.74) is 1.07. The average Bonchev–Trinajstić information content (AvgIpc) is 3.19. The third-order valence-corrected chi connectivity index (χ3v) is 4.41. The van der Waals surface area contributed by atoms with Crippen LogP contribution in [-0.4, -0.2) is 38.1 Å². The number of rotatable bonds is 8. The molecule has 3 aromatic rings. The molecule has 27 heavy (non-hydrogen) atoms. The van der Waals surface area contributed by atoms with Gasteiger partial charge in [-0.3, -0.25) is 9.78 Å². The highest BCUT2D eigenvalue weighted by molar-refractivity contribution is 6.28. The summed E-state index contributed by atoms with van der Waals surface area (Å²) in [5.74, 6) is 0.247. The Morgan fingerprint density at radius 3 is 2.93 bits per heavy atom. The van der Waals surface area contributed by atoms with Crippen LogP contribution in [-0.2, 0) is 0 Å². The van der Waals surface area contributed by atoms with Crippen LogP contribution < -0.4 is 10.6 Å². The van der Waals surface area contributed by atoms with E-state index in [1.807, 2.05) is 13.0 Å². The number of nitrogens with one attached hydrogen (secondary N) is 2. The Morgan fingerprint density at radius 1 is 1.33 bits per heavy atom.